The van der Waals surface area contributed by atoms with E-state index in [9.17, 15) is 19.7 Å². The van der Waals surface area contributed by atoms with Crippen LogP contribution in [0.5, 0.6) is 0 Å². The van der Waals surface area contributed by atoms with Crippen LogP contribution in [0.4, 0.5) is 22.7 Å². The number of nitro benzene ring substituents is 1. The summed E-state index contributed by atoms with van der Waals surface area (Å²) in [4.78, 5) is 34.5. The Morgan fingerprint density at radius 1 is 0.935 bits per heavy atom. The Morgan fingerprint density at radius 2 is 1.45 bits per heavy atom. The molecule has 0 aromatic heterocycles. The van der Waals surface area contributed by atoms with Gasteiger partial charge in [0.05, 0.1) is 29.4 Å². The van der Waals surface area contributed by atoms with Crippen molar-refractivity contribution in [2.75, 3.05) is 31.2 Å². The molecule has 0 aliphatic carbocycles. The van der Waals surface area contributed by atoms with Crippen LogP contribution >= 0.6 is 0 Å². The maximum Gasteiger partial charge on any atom is 0.305 e. The molecule has 0 bridgehead atoms. The van der Waals surface area contributed by atoms with Gasteiger partial charge in [-0.25, -0.2) is 0 Å². The summed E-state index contributed by atoms with van der Waals surface area (Å²) >= 11 is 0. The van der Waals surface area contributed by atoms with Gasteiger partial charge >= 0.3 is 11.9 Å². The lowest BCUT2D eigenvalue weighted by molar-refractivity contribution is -0.384. The molecule has 0 unspecified atom stereocenters. The maximum absolute atomic E-state index is 11.4. The van der Waals surface area contributed by atoms with Crippen molar-refractivity contribution >= 4 is 34.7 Å². The highest BCUT2D eigenvalue weighted by atomic mass is 16.6. The van der Waals surface area contributed by atoms with Gasteiger partial charge in [0.15, 0.2) is 0 Å². The minimum absolute atomic E-state index is 0.0123. The molecule has 10 nitrogen and oxygen atoms in total. The van der Waals surface area contributed by atoms with Crippen molar-refractivity contribution in [2.24, 2.45) is 10.2 Å². The maximum atomic E-state index is 11.4. The van der Waals surface area contributed by atoms with Crippen molar-refractivity contribution in [2.45, 2.75) is 20.3 Å². The van der Waals surface area contributed by atoms with Gasteiger partial charge in [-0.15, -0.1) is 0 Å². The average molecular weight is 428 g/mol. The van der Waals surface area contributed by atoms with E-state index in [1.807, 2.05) is 17.0 Å². The van der Waals surface area contributed by atoms with Crippen LogP contribution < -0.4 is 4.90 Å². The molecule has 0 saturated carbocycles. The normalized spacial score (nSPS) is 10.6. The van der Waals surface area contributed by atoms with Crippen molar-refractivity contribution in [3.63, 3.8) is 0 Å². The summed E-state index contributed by atoms with van der Waals surface area (Å²) in [6, 6.07) is 13.0. The lowest BCUT2D eigenvalue weighted by atomic mass is 10.2. The first kappa shape index (κ1) is 23.5. The Balaban J connectivity index is 2.02. The number of nitrogens with zero attached hydrogens (tertiary/aromatic N) is 4. The highest BCUT2D eigenvalue weighted by molar-refractivity contribution is 5.69. The van der Waals surface area contributed by atoms with Gasteiger partial charge in [-0.2, -0.15) is 10.2 Å². The summed E-state index contributed by atoms with van der Waals surface area (Å²) in [5, 5.41) is 18.9. The standard InChI is InChI=1S/C21H24N4O6/c1-3-21(27)31-15-13-24(12-14-30-16(2)26)19-8-4-17(5-9-19)22-23-18-6-10-20(11-7-18)25(28)29/h4-11H,3,12-15H2,1-2H3. The number of carbonyl (C=O) groups is 2. The van der Waals surface area contributed by atoms with Crippen molar-refractivity contribution in [1.29, 1.82) is 0 Å². The monoisotopic (exact) mass is 428 g/mol. The Bertz CT molecular complexity index is 912. The minimum atomic E-state index is -0.476. The second-order valence-electron chi connectivity index (χ2n) is 6.39. The number of non-ortho nitro benzene ring substituents is 1. The molecule has 0 N–H and O–H groups in total. The Kier molecular flexibility index (Phi) is 9.09. The van der Waals surface area contributed by atoms with E-state index in [-0.39, 0.29) is 30.8 Å². The Labute approximate surface area is 179 Å². The number of benzene rings is 2. The van der Waals surface area contributed by atoms with Crippen LogP contribution in [0.1, 0.15) is 20.3 Å². The summed E-state index contributed by atoms with van der Waals surface area (Å²) < 4.78 is 10.2. The number of hydrogen-bond acceptors (Lipinski definition) is 9. The van der Waals surface area contributed by atoms with Gasteiger partial charge in [0.2, 0.25) is 0 Å². The zero-order valence-electron chi connectivity index (χ0n) is 17.4. The molecule has 0 radical (unpaired) electrons. The van der Waals surface area contributed by atoms with Crippen LogP contribution in [0, 0.1) is 10.1 Å². The smallest absolute Gasteiger partial charge is 0.305 e. The van der Waals surface area contributed by atoms with Gasteiger partial charge in [0.25, 0.3) is 5.69 Å². The number of ether oxygens (including phenoxy) is 2. The quantitative estimate of drug-likeness (QED) is 0.226. The van der Waals surface area contributed by atoms with Gasteiger partial charge in [0.1, 0.15) is 13.2 Å². The predicted octanol–water partition coefficient (Wildman–Crippen LogP) is 4.33. The van der Waals surface area contributed by atoms with Gasteiger partial charge in [-0.1, -0.05) is 6.92 Å². The van der Waals surface area contributed by atoms with Crippen LogP contribution in [0.2, 0.25) is 0 Å². The molecular formula is C21H24N4O6. The topological polar surface area (TPSA) is 124 Å². The Morgan fingerprint density at radius 3 is 1.94 bits per heavy atom. The third-order valence-corrected chi connectivity index (χ3v) is 4.14. The number of carbonyl (C=O) groups excluding carboxylic acids is 2. The van der Waals surface area contributed by atoms with E-state index in [0.717, 1.165) is 5.69 Å². The lowest BCUT2D eigenvalue weighted by Gasteiger charge is -2.24. The first-order valence-electron chi connectivity index (χ1n) is 9.69. The molecule has 0 heterocycles. The lowest BCUT2D eigenvalue weighted by Crippen LogP contribution is -2.31. The molecule has 0 amide bonds. The van der Waals surface area contributed by atoms with Gasteiger partial charge in [0, 0.05) is 31.2 Å². The average Bonchev–Trinajstić information content (AvgIpc) is 2.77. The van der Waals surface area contributed by atoms with Gasteiger partial charge < -0.3 is 14.4 Å². The number of hydrogen-bond donors (Lipinski definition) is 0. The molecule has 10 heteroatoms. The molecule has 2 aromatic carbocycles. The third-order valence-electron chi connectivity index (χ3n) is 4.14. The van der Waals surface area contributed by atoms with E-state index in [1.165, 1.54) is 31.2 Å². The second-order valence-corrected chi connectivity index (χ2v) is 6.39. The van der Waals surface area contributed by atoms with E-state index in [1.54, 1.807) is 19.1 Å². The zero-order valence-corrected chi connectivity index (χ0v) is 17.4. The third kappa shape index (κ3) is 8.21. The summed E-state index contributed by atoms with van der Waals surface area (Å²) in [6.45, 7) is 4.37. The van der Waals surface area contributed by atoms with Crippen molar-refractivity contribution in [3.8, 4) is 0 Å². The molecule has 2 rings (SSSR count). The largest absolute Gasteiger partial charge is 0.464 e. The number of azo groups is 1. The number of anilines is 1. The molecule has 0 saturated heterocycles. The molecule has 2 aromatic rings. The van der Waals surface area contributed by atoms with E-state index in [0.29, 0.717) is 30.9 Å². The van der Waals surface area contributed by atoms with Crippen LogP contribution in [0.15, 0.2) is 58.8 Å². The van der Waals surface area contributed by atoms with E-state index >= 15 is 0 Å². The number of nitro groups is 1. The molecule has 31 heavy (non-hydrogen) atoms. The zero-order chi connectivity index (χ0) is 22.6. The highest BCUT2D eigenvalue weighted by Crippen LogP contribution is 2.23. The van der Waals surface area contributed by atoms with E-state index in [4.69, 9.17) is 9.47 Å². The fourth-order valence-corrected chi connectivity index (χ4v) is 2.53. The van der Waals surface area contributed by atoms with Crippen LogP contribution in [-0.2, 0) is 19.1 Å². The minimum Gasteiger partial charge on any atom is -0.464 e. The molecule has 164 valence electrons. The number of esters is 2. The Hall–Kier alpha value is -3.82. The SMILES string of the molecule is CCC(=O)OCCN(CCOC(C)=O)c1ccc(N=Nc2ccc([N+](=O)[O-])cc2)cc1. The molecule has 0 fully saturated rings. The van der Waals surface area contributed by atoms with E-state index in [2.05, 4.69) is 10.2 Å². The predicted molar refractivity (Wildman–Crippen MR) is 114 cm³/mol. The summed E-state index contributed by atoms with van der Waals surface area (Å²) in [7, 11) is 0. The van der Waals surface area contributed by atoms with Crippen LogP contribution in [0.25, 0.3) is 0 Å². The summed E-state index contributed by atoms with van der Waals surface area (Å²) in [6.07, 6.45) is 0.307. The number of rotatable bonds is 11. The first-order valence-corrected chi connectivity index (χ1v) is 9.69. The van der Waals surface area contributed by atoms with Gasteiger partial charge in [-0.05, 0) is 36.4 Å². The van der Waals surface area contributed by atoms with Gasteiger partial charge in [-0.3, -0.25) is 19.7 Å². The van der Waals surface area contributed by atoms with E-state index < -0.39 is 4.92 Å². The van der Waals surface area contributed by atoms with Crippen LogP contribution in [-0.4, -0.2) is 43.2 Å². The molecule has 0 spiro atoms. The molecule has 0 aliphatic heterocycles. The van der Waals surface area contributed by atoms with Crippen LogP contribution in [0.3, 0.4) is 0 Å². The molecule has 0 atom stereocenters. The van der Waals surface area contributed by atoms with Crippen molar-refractivity contribution in [3.05, 3.63) is 58.6 Å². The fraction of sp³-hybridized carbons (Fsp3) is 0.333. The molecule has 0 aliphatic rings. The molecular weight excluding hydrogens is 404 g/mol. The first-order chi connectivity index (χ1) is 14.9. The highest BCUT2D eigenvalue weighted by Gasteiger charge is 2.09. The fourth-order valence-electron chi connectivity index (χ4n) is 2.53. The summed E-state index contributed by atoms with van der Waals surface area (Å²) in [5.74, 6) is -0.638. The van der Waals surface area contributed by atoms with Crippen molar-refractivity contribution in [1.82, 2.24) is 0 Å². The second kappa shape index (κ2) is 12.0. The van der Waals surface area contributed by atoms with Crippen molar-refractivity contribution < 1.29 is 24.0 Å². The summed E-state index contributed by atoms with van der Waals surface area (Å²) in [5.41, 5.74) is 1.92.